The summed E-state index contributed by atoms with van der Waals surface area (Å²) in [6, 6.07) is 2.18. The average molecular weight is 247 g/mol. The maximum absolute atomic E-state index is 9.07. The molecule has 0 radical (unpaired) electrons. The van der Waals surface area contributed by atoms with E-state index in [1.54, 1.807) is 12.4 Å². The van der Waals surface area contributed by atoms with E-state index in [0.717, 1.165) is 25.3 Å². The Hall–Kier alpha value is -1.46. The van der Waals surface area contributed by atoms with Crippen LogP contribution in [0.1, 0.15) is 16.1 Å². The quantitative estimate of drug-likeness (QED) is 0.875. The van der Waals surface area contributed by atoms with Crippen molar-refractivity contribution < 1.29 is 5.11 Å². The molecule has 0 aliphatic carbocycles. The summed E-state index contributed by atoms with van der Waals surface area (Å²) in [6.07, 6.45) is 4.43. The zero-order chi connectivity index (χ0) is 11.7. The molecule has 88 valence electrons. The molecule has 3 heterocycles. The van der Waals surface area contributed by atoms with Crippen LogP contribution in [0.3, 0.4) is 0 Å². The van der Waals surface area contributed by atoms with Crippen LogP contribution in [0, 0.1) is 0 Å². The van der Waals surface area contributed by atoms with Crippen LogP contribution in [0.4, 0.5) is 5.82 Å². The molecular weight excluding hydrogens is 234 g/mol. The van der Waals surface area contributed by atoms with Crippen LogP contribution in [0.25, 0.3) is 0 Å². The minimum absolute atomic E-state index is 0.0572. The second kappa shape index (κ2) is 4.43. The highest BCUT2D eigenvalue weighted by Gasteiger charge is 2.18. The summed E-state index contributed by atoms with van der Waals surface area (Å²) in [5, 5.41) is 11.2. The summed E-state index contributed by atoms with van der Waals surface area (Å²) >= 11 is 1.83. The minimum Gasteiger partial charge on any atom is -0.390 e. The maximum Gasteiger partial charge on any atom is 0.147 e. The van der Waals surface area contributed by atoms with E-state index in [1.807, 2.05) is 11.3 Å². The molecule has 5 heteroatoms. The lowest BCUT2D eigenvalue weighted by atomic mass is 10.1. The minimum atomic E-state index is -0.0572. The van der Waals surface area contributed by atoms with E-state index in [9.17, 15) is 0 Å². The van der Waals surface area contributed by atoms with E-state index in [2.05, 4.69) is 26.3 Å². The lowest BCUT2D eigenvalue weighted by molar-refractivity contribution is 0.276. The van der Waals surface area contributed by atoms with Gasteiger partial charge in [0.2, 0.25) is 0 Å². The highest BCUT2D eigenvalue weighted by atomic mass is 32.1. The Labute approximate surface area is 104 Å². The second-order valence-electron chi connectivity index (χ2n) is 4.07. The van der Waals surface area contributed by atoms with Gasteiger partial charge in [0.25, 0.3) is 0 Å². The largest absolute Gasteiger partial charge is 0.390 e. The number of aliphatic hydroxyl groups is 1. The van der Waals surface area contributed by atoms with E-state index in [1.165, 1.54) is 10.4 Å². The Bertz CT molecular complexity index is 526. The number of fused-ring (bicyclic) bond motifs is 1. The molecule has 17 heavy (non-hydrogen) atoms. The molecule has 4 nitrogen and oxygen atoms in total. The number of hydrogen-bond donors (Lipinski definition) is 1. The molecule has 1 aliphatic heterocycles. The summed E-state index contributed by atoms with van der Waals surface area (Å²) in [7, 11) is 0. The zero-order valence-electron chi connectivity index (χ0n) is 9.33. The van der Waals surface area contributed by atoms with Gasteiger partial charge in [-0.2, -0.15) is 0 Å². The molecular formula is C12H13N3OS. The average Bonchev–Trinajstić information content (AvgIpc) is 2.86. The highest BCUT2D eigenvalue weighted by Crippen LogP contribution is 2.26. The fraction of sp³-hybridized carbons (Fsp3) is 0.333. The molecule has 0 spiro atoms. The summed E-state index contributed by atoms with van der Waals surface area (Å²) in [5.41, 5.74) is 2.01. The van der Waals surface area contributed by atoms with Gasteiger partial charge in [0.1, 0.15) is 5.82 Å². The number of hydrogen-bond acceptors (Lipinski definition) is 5. The van der Waals surface area contributed by atoms with Crippen molar-refractivity contribution in [3.8, 4) is 0 Å². The Morgan fingerprint density at radius 2 is 2.35 bits per heavy atom. The number of nitrogens with zero attached hydrogens (tertiary/aromatic N) is 3. The van der Waals surface area contributed by atoms with Gasteiger partial charge in [-0.05, 0) is 23.4 Å². The third-order valence-corrected chi connectivity index (χ3v) is 3.99. The van der Waals surface area contributed by atoms with Gasteiger partial charge in [-0.3, -0.25) is 4.98 Å². The first-order valence-corrected chi connectivity index (χ1v) is 6.47. The van der Waals surface area contributed by atoms with Crippen LogP contribution in [-0.4, -0.2) is 21.6 Å². The summed E-state index contributed by atoms with van der Waals surface area (Å²) in [4.78, 5) is 12.2. The van der Waals surface area contributed by atoms with Gasteiger partial charge >= 0.3 is 0 Å². The normalized spacial score (nSPS) is 14.8. The van der Waals surface area contributed by atoms with E-state index in [4.69, 9.17) is 5.11 Å². The van der Waals surface area contributed by atoms with Crippen molar-refractivity contribution in [1.82, 2.24) is 9.97 Å². The van der Waals surface area contributed by atoms with Crippen LogP contribution >= 0.6 is 11.3 Å². The van der Waals surface area contributed by atoms with Gasteiger partial charge in [-0.25, -0.2) is 4.98 Å². The second-order valence-corrected chi connectivity index (χ2v) is 5.07. The zero-order valence-corrected chi connectivity index (χ0v) is 10.2. The highest BCUT2D eigenvalue weighted by molar-refractivity contribution is 7.10. The standard InChI is InChI=1S/C12H13N3OS/c16-8-10-5-13-6-12(14-10)15-3-1-11-9(7-15)2-4-17-11/h2,4-6,16H,1,3,7-8H2. The lowest BCUT2D eigenvalue weighted by Crippen LogP contribution is -2.30. The van der Waals surface area contributed by atoms with Crippen molar-refractivity contribution in [2.45, 2.75) is 19.6 Å². The summed E-state index contributed by atoms with van der Waals surface area (Å²) < 4.78 is 0. The fourth-order valence-corrected chi connectivity index (χ4v) is 2.96. The summed E-state index contributed by atoms with van der Waals surface area (Å²) in [6.45, 7) is 1.80. The van der Waals surface area contributed by atoms with Gasteiger partial charge in [0.15, 0.2) is 0 Å². The van der Waals surface area contributed by atoms with Crippen molar-refractivity contribution in [3.05, 3.63) is 40.0 Å². The van der Waals surface area contributed by atoms with Crippen LogP contribution < -0.4 is 4.90 Å². The van der Waals surface area contributed by atoms with Gasteiger partial charge < -0.3 is 10.0 Å². The SMILES string of the molecule is OCc1cncc(N2CCc3sccc3C2)n1. The van der Waals surface area contributed by atoms with Gasteiger partial charge in [0.05, 0.1) is 24.7 Å². The molecule has 2 aromatic rings. The molecule has 0 unspecified atom stereocenters. The van der Waals surface area contributed by atoms with Crippen molar-refractivity contribution in [3.63, 3.8) is 0 Å². The number of rotatable bonds is 2. The molecule has 0 amide bonds. The third-order valence-electron chi connectivity index (χ3n) is 2.97. The number of anilines is 1. The molecule has 0 aromatic carbocycles. The molecule has 3 rings (SSSR count). The predicted octanol–water partition coefficient (Wildman–Crippen LogP) is 1.59. The molecule has 0 saturated carbocycles. The molecule has 0 bridgehead atoms. The van der Waals surface area contributed by atoms with Crippen LogP contribution in [0.2, 0.25) is 0 Å². The molecule has 0 atom stereocenters. The van der Waals surface area contributed by atoms with Crippen LogP contribution in [0.5, 0.6) is 0 Å². The van der Waals surface area contributed by atoms with E-state index < -0.39 is 0 Å². The van der Waals surface area contributed by atoms with E-state index in [-0.39, 0.29) is 6.61 Å². The topological polar surface area (TPSA) is 49.3 Å². The van der Waals surface area contributed by atoms with Gasteiger partial charge in [0, 0.05) is 18.0 Å². The predicted molar refractivity (Wildman–Crippen MR) is 67.0 cm³/mol. The van der Waals surface area contributed by atoms with Crippen molar-refractivity contribution in [1.29, 1.82) is 0 Å². The van der Waals surface area contributed by atoms with Gasteiger partial charge in [-0.15, -0.1) is 11.3 Å². The van der Waals surface area contributed by atoms with Crippen LogP contribution in [0.15, 0.2) is 23.8 Å². The monoisotopic (exact) mass is 247 g/mol. The Kier molecular flexibility index (Phi) is 2.78. The van der Waals surface area contributed by atoms with Crippen LogP contribution in [-0.2, 0) is 19.6 Å². The molecule has 0 fully saturated rings. The fourth-order valence-electron chi connectivity index (χ4n) is 2.07. The van der Waals surface area contributed by atoms with Gasteiger partial charge in [-0.1, -0.05) is 0 Å². The maximum atomic E-state index is 9.07. The first-order valence-electron chi connectivity index (χ1n) is 5.59. The molecule has 1 aliphatic rings. The Morgan fingerprint density at radius 1 is 1.41 bits per heavy atom. The van der Waals surface area contributed by atoms with E-state index in [0.29, 0.717) is 5.69 Å². The Balaban J connectivity index is 1.86. The smallest absolute Gasteiger partial charge is 0.147 e. The Morgan fingerprint density at radius 3 is 3.24 bits per heavy atom. The first kappa shape index (κ1) is 10.7. The molecule has 2 aromatic heterocycles. The molecule has 0 saturated heterocycles. The van der Waals surface area contributed by atoms with Crippen molar-refractivity contribution in [2.24, 2.45) is 0 Å². The van der Waals surface area contributed by atoms with Crippen molar-refractivity contribution >= 4 is 17.2 Å². The number of aromatic nitrogens is 2. The first-order chi connectivity index (χ1) is 8.36. The number of aliphatic hydroxyl groups excluding tert-OH is 1. The molecule has 1 N–H and O–H groups in total. The number of thiophene rings is 1. The van der Waals surface area contributed by atoms with Crippen molar-refractivity contribution in [2.75, 3.05) is 11.4 Å². The lowest BCUT2D eigenvalue weighted by Gasteiger charge is -2.27. The van der Waals surface area contributed by atoms with E-state index >= 15 is 0 Å². The third kappa shape index (κ3) is 2.03. The summed E-state index contributed by atoms with van der Waals surface area (Å²) in [5.74, 6) is 0.855.